The first kappa shape index (κ1) is 12.6. The van der Waals surface area contributed by atoms with Crippen LogP contribution in [-0.4, -0.2) is 26.0 Å². The lowest BCUT2D eigenvalue weighted by molar-refractivity contribution is -0.384. The number of carbonyl (C=O) groups is 1. The van der Waals surface area contributed by atoms with E-state index in [0.717, 1.165) is 0 Å². The van der Waals surface area contributed by atoms with Crippen molar-refractivity contribution in [2.24, 2.45) is 0 Å². The minimum Gasteiger partial charge on any atom is -0.477 e. The number of benzene rings is 1. The third kappa shape index (κ3) is 2.54. The van der Waals surface area contributed by atoms with Crippen LogP contribution in [0.25, 0.3) is 11.4 Å². The van der Waals surface area contributed by atoms with Crippen LogP contribution in [0.15, 0.2) is 30.5 Å². The standard InChI is InChI=1S/C12H9N3O4/c1-7-6-13-11(14-10(7)12(16)17)8-3-2-4-9(5-8)15(18)19/h2-6H,1H3,(H,16,17). The molecule has 7 nitrogen and oxygen atoms in total. The quantitative estimate of drug-likeness (QED) is 0.667. The van der Waals surface area contributed by atoms with Gasteiger partial charge in [-0.1, -0.05) is 12.1 Å². The Hall–Kier alpha value is -2.83. The minimum absolute atomic E-state index is 0.0986. The number of hydrogen-bond acceptors (Lipinski definition) is 5. The minimum atomic E-state index is -1.16. The van der Waals surface area contributed by atoms with E-state index >= 15 is 0 Å². The molecular formula is C12H9N3O4. The molecule has 0 atom stereocenters. The molecule has 0 aliphatic carbocycles. The second kappa shape index (κ2) is 4.81. The first-order valence-electron chi connectivity index (χ1n) is 5.31. The summed E-state index contributed by atoms with van der Waals surface area (Å²) >= 11 is 0. The molecule has 19 heavy (non-hydrogen) atoms. The second-order valence-corrected chi connectivity index (χ2v) is 3.84. The highest BCUT2D eigenvalue weighted by Crippen LogP contribution is 2.21. The Balaban J connectivity index is 2.53. The van der Waals surface area contributed by atoms with E-state index in [9.17, 15) is 14.9 Å². The highest BCUT2D eigenvalue weighted by atomic mass is 16.6. The van der Waals surface area contributed by atoms with Gasteiger partial charge in [0.15, 0.2) is 11.5 Å². The summed E-state index contributed by atoms with van der Waals surface area (Å²) in [7, 11) is 0. The molecule has 0 fully saturated rings. The van der Waals surface area contributed by atoms with E-state index < -0.39 is 10.9 Å². The lowest BCUT2D eigenvalue weighted by atomic mass is 10.1. The van der Waals surface area contributed by atoms with E-state index in [2.05, 4.69) is 9.97 Å². The van der Waals surface area contributed by atoms with Gasteiger partial charge in [-0.25, -0.2) is 14.8 Å². The zero-order valence-corrected chi connectivity index (χ0v) is 9.90. The Morgan fingerprint density at radius 3 is 2.79 bits per heavy atom. The number of rotatable bonds is 3. The number of hydrogen-bond donors (Lipinski definition) is 1. The molecule has 2 aromatic rings. The monoisotopic (exact) mass is 259 g/mol. The molecule has 1 heterocycles. The predicted octanol–water partition coefficient (Wildman–Crippen LogP) is 2.06. The van der Waals surface area contributed by atoms with E-state index in [1.807, 2.05) is 0 Å². The molecule has 1 aromatic carbocycles. The van der Waals surface area contributed by atoms with Crippen LogP contribution in [0, 0.1) is 17.0 Å². The average Bonchev–Trinajstić information content (AvgIpc) is 2.39. The molecule has 1 aromatic heterocycles. The zero-order chi connectivity index (χ0) is 14.0. The summed E-state index contributed by atoms with van der Waals surface area (Å²) in [6, 6.07) is 5.73. The molecule has 96 valence electrons. The molecule has 0 saturated carbocycles. The SMILES string of the molecule is Cc1cnc(-c2cccc([N+](=O)[O-])c2)nc1C(=O)O. The topological polar surface area (TPSA) is 106 Å². The fourth-order valence-corrected chi connectivity index (χ4v) is 1.56. The van der Waals surface area contributed by atoms with E-state index in [4.69, 9.17) is 5.11 Å². The van der Waals surface area contributed by atoms with Crippen molar-refractivity contribution in [2.45, 2.75) is 6.92 Å². The summed E-state index contributed by atoms with van der Waals surface area (Å²) in [5.74, 6) is -1.02. The normalized spacial score (nSPS) is 10.2. The summed E-state index contributed by atoms with van der Waals surface area (Å²) in [6.45, 7) is 1.58. The van der Waals surface area contributed by atoms with Crippen LogP contribution in [-0.2, 0) is 0 Å². The summed E-state index contributed by atoms with van der Waals surface area (Å²) in [5.41, 5.74) is 0.619. The number of carboxylic acids is 1. The number of aryl methyl sites for hydroxylation is 1. The maximum Gasteiger partial charge on any atom is 0.354 e. The molecule has 0 aliphatic rings. The third-order valence-corrected chi connectivity index (χ3v) is 2.49. The van der Waals surface area contributed by atoms with Crippen molar-refractivity contribution in [3.63, 3.8) is 0 Å². The molecule has 0 saturated heterocycles. The molecule has 0 unspecified atom stereocenters. The van der Waals surface area contributed by atoms with Crippen LogP contribution in [0.2, 0.25) is 0 Å². The van der Waals surface area contributed by atoms with Gasteiger partial charge < -0.3 is 5.11 Å². The van der Waals surface area contributed by atoms with Crippen molar-refractivity contribution >= 4 is 11.7 Å². The molecule has 7 heteroatoms. The molecule has 0 spiro atoms. The van der Waals surface area contributed by atoms with Crippen molar-refractivity contribution in [3.05, 3.63) is 51.8 Å². The lowest BCUT2D eigenvalue weighted by Gasteiger charge is -2.03. The highest BCUT2D eigenvalue weighted by molar-refractivity contribution is 5.87. The van der Waals surface area contributed by atoms with Crippen molar-refractivity contribution in [1.82, 2.24) is 9.97 Å². The number of nitro benzene ring substituents is 1. The Morgan fingerprint density at radius 1 is 1.42 bits per heavy atom. The summed E-state index contributed by atoms with van der Waals surface area (Å²) in [6.07, 6.45) is 1.38. The van der Waals surface area contributed by atoms with Gasteiger partial charge in [0, 0.05) is 29.5 Å². The first-order valence-corrected chi connectivity index (χ1v) is 5.31. The van der Waals surface area contributed by atoms with Crippen molar-refractivity contribution < 1.29 is 14.8 Å². The number of non-ortho nitro benzene ring substituents is 1. The summed E-state index contributed by atoms with van der Waals surface area (Å²) in [4.78, 5) is 29.0. The van der Waals surface area contributed by atoms with Gasteiger partial charge in [-0.3, -0.25) is 10.1 Å². The largest absolute Gasteiger partial charge is 0.477 e. The van der Waals surface area contributed by atoms with Gasteiger partial charge in [0.25, 0.3) is 5.69 Å². The number of carboxylic acid groups (broad SMARTS) is 1. The van der Waals surface area contributed by atoms with Gasteiger partial charge in [-0.05, 0) is 6.92 Å². The van der Waals surface area contributed by atoms with Crippen LogP contribution >= 0.6 is 0 Å². The lowest BCUT2D eigenvalue weighted by Crippen LogP contribution is -2.05. The number of nitro groups is 1. The third-order valence-electron chi connectivity index (χ3n) is 2.49. The number of nitrogens with zero attached hydrogens (tertiary/aromatic N) is 3. The maximum absolute atomic E-state index is 11.0. The van der Waals surface area contributed by atoms with E-state index in [1.54, 1.807) is 13.0 Å². The maximum atomic E-state index is 11.0. The summed E-state index contributed by atoms with van der Waals surface area (Å²) in [5, 5.41) is 19.7. The first-order chi connectivity index (χ1) is 8.99. The molecule has 0 radical (unpaired) electrons. The van der Waals surface area contributed by atoms with Crippen LogP contribution in [0.5, 0.6) is 0 Å². The smallest absolute Gasteiger partial charge is 0.354 e. The molecule has 2 rings (SSSR count). The van der Waals surface area contributed by atoms with Gasteiger partial charge in [0.05, 0.1) is 4.92 Å². The van der Waals surface area contributed by atoms with Crippen LogP contribution < -0.4 is 0 Å². The second-order valence-electron chi connectivity index (χ2n) is 3.84. The van der Waals surface area contributed by atoms with E-state index in [-0.39, 0.29) is 17.2 Å². The predicted molar refractivity (Wildman–Crippen MR) is 65.8 cm³/mol. The van der Waals surface area contributed by atoms with Gasteiger partial charge in [-0.2, -0.15) is 0 Å². The van der Waals surface area contributed by atoms with Gasteiger partial charge >= 0.3 is 5.97 Å². The Morgan fingerprint density at radius 2 is 2.16 bits per heavy atom. The average molecular weight is 259 g/mol. The van der Waals surface area contributed by atoms with Crippen molar-refractivity contribution in [1.29, 1.82) is 0 Å². The van der Waals surface area contributed by atoms with E-state index in [0.29, 0.717) is 11.1 Å². The number of aromatic nitrogens is 2. The Kier molecular flexibility index (Phi) is 3.19. The molecule has 0 amide bonds. The molecular weight excluding hydrogens is 250 g/mol. The fraction of sp³-hybridized carbons (Fsp3) is 0.0833. The van der Waals surface area contributed by atoms with Crippen LogP contribution in [0.3, 0.4) is 0 Å². The van der Waals surface area contributed by atoms with Gasteiger partial charge in [0.2, 0.25) is 0 Å². The van der Waals surface area contributed by atoms with Crippen molar-refractivity contribution in [2.75, 3.05) is 0 Å². The summed E-state index contributed by atoms with van der Waals surface area (Å²) < 4.78 is 0. The highest BCUT2D eigenvalue weighted by Gasteiger charge is 2.14. The van der Waals surface area contributed by atoms with E-state index in [1.165, 1.54) is 24.4 Å². The zero-order valence-electron chi connectivity index (χ0n) is 9.90. The fourth-order valence-electron chi connectivity index (χ4n) is 1.56. The molecule has 1 N–H and O–H groups in total. The molecule has 0 bridgehead atoms. The van der Waals surface area contributed by atoms with Crippen molar-refractivity contribution in [3.8, 4) is 11.4 Å². The van der Waals surface area contributed by atoms with Crippen LogP contribution in [0.1, 0.15) is 16.1 Å². The van der Waals surface area contributed by atoms with Crippen LogP contribution in [0.4, 0.5) is 5.69 Å². The van der Waals surface area contributed by atoms with Gasteiger partial charge in [0.1, 0.15) is 0 Å². The molecule has 0 aliphatic heterocycles. The number of aromatic carboxylic acids is 1. The Labute approximate surface area is 107 Å². The Bertz CT molecular complexity index is 670. The van der Waals surface area contributed by atoms with Gasteiger partial charge in [-0.15, -0.1) is 0 Å².